The summed E-state index contributed by atoms with van der Waals surface area (Å²) in [6.45, 7) is 2.99. The minimum absolute atomic E-state index is 0.574. The van der Waals surface area contributed by atoms with E-state index in [4.69, 9.17) is 4.11 Å². The van der Waals surface area contributed by atoms with Gasteiger partial charge < -0.3 is 0 Å². The number of nitrogens with one attached hydrogen (secondary N) is 1. The highest BCUT2D eigenvalue weighted by atomic mass is 16.6. The third-order valence-corrected chi connectivity index (χ3v) is 1.34. The maximum atomic E-state index is 10.8. The molecule has 0 saturated carbocycles. The first kappa shape index (κ1) is 6.87. The predicted molar refractivity (Wildman–Crippen MR) is 52.9 cm³/mol. The average Bonchev–Trinajstić information content (AvgIpc) is 2.25. The fraction of sp³-hybridized carbons (Fsp3) is 0. The van der Waals surface area contributed by atoms with Gasteiger partial charge in [0.25, 0.3) is 5.69 Å². The maximum absolute atomic E-state index is 10.8. The molecule has 0 bridgehead atoms. The molecule has 0 saturated heterocycles. The van der Waals surface area contributed by atoms with Gasteiger partial charge in [0.05, 0.1) is 20.0 Å². The number of nitro benzene ring substituents is 2. The Labute approximate surface area is 87.7 Å². The molecule has 0 heterocycles. The third-order valence-electron chi connectivity index (χ3n) is 1.34. The molecule has 8 nitrogen and oxygen atoms in total. The lowest BCUT2D eigenvalue weighted by Crippen LogP contribution is -1.97. The van der Waals surface area contributed by atoms with Crippen LogP contribution < -0.4 is 5.43 Å². The predicted octanol–water partition coefficient (Wildman–Crippen LogP) is 1.53. The van der Waals surface area contributed by atoms with E-state index < -0.39 is 45.0 Å². The molecule has 0 unspecified atom stereocenters. The number of nitro groups is 2. The van der Waals surface area contributed by atoms with E-state index >= 15 is 0 Å². The standard InChI is InChI=1S/C7H6N4O4/c1-8-9-6-3-2-5(10(12)13)4-7(6)11(14)15/h2-4,9H,1H2/i2D,3D,4D. The van der Waals surface area contributed by atoms with Gasteiger partial charge >= 0.3 is 5.69 Å². The summed E-state index contributed by atoms with van der Waals surface area (Å²) in [6, 6.07) is -2.75. The van der Waals surface area contributed by atoms with Gasteiger partial charge in [0.15, 0.2) is 0 Å². The third kappa shape index (κ3) is 2.24. The quantitative estimate of drug-likeness (QED) is 0.463. The molecule has 0 aliphatic carbocycles. The normalized spacial score (nSPS) is 12.1. The number of hydrazone groups is 1. The van der Waals surface area contributed by atoms with Crippen molar-refractivity contribution in [3.8, 4) is 0 Å². The zero-order chi connectivity index (χ0) is 14.0. The summed E-state index contributed by atoms with van der Waals surface area (Å²) in [4.78, 5) is 19.2. The molecule has 15 heavy (non-hydrogen) atoms. The highest BCUT2D eigenvalue weighted by molar-refractivity contribution is 5.65. The highest BCUT2D eigenvalue weighted by Crippen LogP contribution is 2.28. The Morgan fingerprint density at radius 1 is 1.40 bits per heavy atom. The Balaban J connectivity index is 3.81. The summed E-state index contributed by atoms with van der Waals surface area (Å²) in [6.07, 6.45) is 0. The molecule has 0 aliphatic rings. The Morgan fingerprint density at radius 3 is 2.53 bits per heavy atom. The highest BCUT2D eigenvalue weighted by Gasteiger charge is 2.18. The van der Waals surface area contributed by atoms with Crippen LogP contribution in [0.3, 0.4) is 0 Å². The largest absolute Gasteiger partial charge is 0.301 e. The molecule has 1 N–H and O–H groups in total. The molecule has 0 atom stereocenters. The molecule has 0 amide bonds. The second-order valence-corrected chi connectivity index (χ2v) is 2.23. The zero-order valence-corrected chi connectivity index (χ0v) is 7.18. The fourth-order valence-electron chi connectivity index (χ4n) is 0.775. The summed E-state index contributed by atoms with van der Waals surface area (Å²) in [5, 5.41) is 24.5. The molecular weight excluding hydrogens is 204 g/mol. The number of hydrogen-bond donors (Lipinski definition) is 1. The first-order valence-electron chi connectivity index (χ1n) is 4.97. The van der Waals surface area contributed by atoms with Crippen molar-refractivity contribution in [1.29, 1.82) is 0 Å². The van der Waals surface area contributed by atoms with Crippen molar-refractivity contribution in [2.75, 3.05) is 5.43 Å². The lowest BCUT2D eigenvalue weighted by Gasteiger charge is -2.00. The van der Waals surface area contributed by atoms with Gasteiger partial charge in [0, 0.05) is 12.8 Å². The van der Waals surface area contributed by atoms with E-state index in [9.17, 15) is 20.2 Å². The monoisotopic (exact) mass is 213 g/mol. The second-order valence-electron chi connectivity index (χ2n) is 2.23. The molecule has 0 aromatic heterocycles. The van der Waals surface area contributed by atoms with Crippen LogP contribution in [-0.4, -0.2) is 16.6 Å². The number of nitrogens with zero attached hydrogens (tertiary/aromatic N) is 3. The molecule has 1 aromatic carbocycles. The second kappa shape index (κ2) is 4.13. The zero-order valence-electron chi connectivity index (χ0n) is 10.2. The van der Waals surface area contributed by atoms with E-state index in [-0.39, 0.29) is 0 Å². The lowest BCUT2D eigenvalue weighted by molar-refractivity contribution is -0.393. The van der Waals surface area contributed by atoms with Gasteiger partial charge in [0.2, 0.25) is 0 Å². The average molecular weight is 213 g/mol. The van der Waals surface area contributed by atoms with Crippen LogP contribution in [-0.2, 0) is 0 Å². The Bertz CT molecular complexity index is 562. The summed E-state index contributed by atoms with van der Waals surface area (Å²) >= 11 is 0. The SMILES string of the molecule is [2H]c1c([2H])c([N+](=O)[O-])c([2H])c([N+](=O)[O-])c1NN=C. The van der Waals surface area contributed by atoms with Crippen molar-refractivity contribution < 1.29 is 14.0 Å². The van der Waals surface area contributed by atoms with Crippen LogP contribution in [0.5, 0.6) is 0 Å². The number of rotatable bonds is 4. The van der Waals surface area contributed by atoms with Crippen LogP contribution in [0.15, 0.2) is 23.2 Å². The first-order valence-corrected chi connectivity index (χ1v) is 3.47. The molecule has 0 spiro atoms. The Hall–Kier alpha value is -2.51. The topological polar surface area (TPSA) is 111 Å². The molecule has 1 aromatic rings. The van der Waals surface area contributed by atoms with Crippen LogP contribution in [0.2, 0.25) is 0 Å². The molecule has 8 heteroatoms. The van der Waals surface area contributed by atoms with Crippen LogP contribution in [0.25, 0.3) is 0 Å². The van der Waals surface area contributed by atoms with E-state index in [0.717, 1.165) is 0 Å². The molecule has 1 rings (SSSR count). The summed E-state index contributed by atoms with van der Waals surface area (Å²) in [7, 11) is 0. The summed E-state index contributed by atoms with van der Waals surface area (Å²) in [5.74, 6) is 0. The molecule has 0 fully saturated rings. The van der Waals surface area contributed by atoms with Crippen molar-refractivity contribution >= 4 is 23.8 Å². The van der Waals surface area contributed by atoms with E-state index in [1.54, 1.807) is 0 Å². The van der Waals surface area contributed by atoms with Gasteiger partial charge in [-0.3, -0.25) is 25.7 Å². The van der Waals surface area contributed by atoms with E-state index in [2.05, 4.69) is 11.8 Å². The summed E-state index contributed by atoms with van der Waals surface area (Å²) < 4.78 is 22.2. The van der Waals surface area contributed by atoms with Crippen molar-refractivity contribution in [2.24, 2.45) is 5.10 Å². The van der Waals surface area contributed by atoms with Gasteiger partial charge in [-0.05, 0) is 6.04 Å². The summed E-state index contributed by atoms with van der Waals surface area (Å²) in [5.41, 5.74) is -0.664. The van der Waals surface area contributed by atoms with Crippen LogP contribution >= 0.6 is 0 Å². The van der Waals surface area contributed by atoms with Gasteiger partial charge in [-0.15, -0.1) is 0 Å². The van der Waals surface area contributed by atoms with Gasteiger partial charge in [0.1, 0.15) is 5.69 Å². The maximum Gasteiger partial charge on any atom is 0.301 e. The number of anilines is 1. The minimum Gasteiger partial charge on any atom is -0.272 e. The first-order chi connectivity index (χ1) is 8.32. The fourth-order valence-corrected chi connectivity index (χ4v) is 0.775. The lowest BCUT2D eigenvalue weighted by atomic mass is 10.2. The van der Waals surface area contributed by atoms with E-state index in [0.29, 0.717) is 0 Å². The molecule has 0 aliphatic heterocycles. The minimum atomic E-state index is -1.11. The van der Waals surface area contributed by atoms with Crippen LogP contribution in [0, 0.1) is 20.2 Å². The van der Waals surface area contributed by atoms with Crippen molar-refractivity contribution in [3.63, 3.8) is 0 Å². The van der Waals surface area contributed by atoms with Gasteiger partial charge in [-0.1, -0.05) is 0 Å². The molecular formula is C7H6N4O4. The van der Waals surface area contributed by atoms with Crippen molar-refractivity contribution in [3.05, 3.63) is 38.4 Å². The van der Waals surface area contributed by atoms with Gasteiger partial charge in [-0.25, -0.2) is 0 Å². The molecule has 78 valence electrons. The van der Waals surface area contributed by atoms with Crippen molar-refractivity contribution in [1.82, 2.24) is 0 Å². The van der Waals surface area contributed by atoms with Crippen LogP contribution in [0.4, 0.5) is 17.1 Å². The van der Waals surface area contributed by atoms with Crippen LogP contribution in [0.1, 0.15) is 4.11 Å². The number of benzene rings is 1. The van der Waals surface area contributed by atoms with Gasteiger partial charge in [-0.2, -0.15) is 5.10 Å². The number of hydrogen-bond acceptors (Lipinski definition) is 6. The van der Waals surface area contributed by atoms with Crippen molar-refractivity contribution in [2.45, 2.75) is 0 Å². The Morgan fingerprint density at radius 2 is 2.07 bits per heavy atom. The smallest absolute Gasteiger partial charge is 0.272 e. The van der Waals surface area contributed by atoms with E-state index in [1.165, 1.54) is 0 Å². The van der Waals surface area contributed by atoms with E-state index in [1.807, 2.05) is 5.43 Å². The molecule has 0 radical (unpaired) electrons. The Kier molecular flexibility index (Phi) is 1.89.